The van der Waals surface area contributed by atoms with Gasteiger partial charge in [-0.15, -0.1) is 0 Å². The smallest absolute Gasteiger partial charge is 0.371 e. The van der Waals surface area contributed by atoms with E-state index in [1.165, 1.54) is 6.07 Å². The molecule has 0 radical (unpaired) electrons. The highest BCUT2D eigenvalue weighted by Crippen LogP contribution is 2.16. The molecule has 5 nitrogen and oxygen atoms in total. The lowest BCUT2D eigenvalue weighted by Crippen LogP contribution is -2.31. The van der Waals surface area contributed by atoms with Gasteiger partial charge in [0.1, 0.15) is 5.76 Å². The van der Waals surface area contributed by atoms with Crippen molar-refractivity contribution in [2.24, 2.45) is 0 Å². The van der Waals surface area contributed by atoms with Crippen molar-refractivity contribution in [3.05, 3.63) is 23.7 Å². The van der Waals surface area contributed by atoms with Crippen LogP contribution in [0.1, 0.15) is 36.1 Å². The molecule has 5 heteroatoms. The molecule has 0 aliphatic carbocycles. The van der Waals surface area contributed by atoms with Gasteiger partial charge in [0, 0.05) is 13.2 Å². The van der Waals surface area contributed by atoms with E-state index in [-0.39, 0.29) is 5.76 Å². The Morgan fingerprint density at radius 3 is 2.94 bits per heavy atom. The molecule has 1 fully saturated rings. The number of carbonyl (C=O) groups is 1. The summed E-state index contributed by atoms with van der Waals surface area (Å²) >= 11 is 0. The summed E-state index contributed by atoms with van der Waals surface area (Å²) in [6.07, 6.45) is 2.54. The van der Waals surface area contributed by atoms with Crippen molar-refractivity contribution in [1.29, 1.82) is 0 Å². The Hall–Kier alpha value is -1.33. The van der Waals surface area contributed by atoms with Crippen LogP contribution < -0.4 is 0 Å². The third-order valence-electron chi connectivity index (χ3n) is 3.18. The minimum atomic E-state index is -1.02. The molecule has 0 amide bonds. The molecule has 18 heavy (non-hydrogen) atoms. The van der Waals surface area contributed by atoms with Crippen LogP contribution in [0.5, 0.6) is 0 Å². The standard InChI is InChI=1S/C13H19NO4/c1-2-14(8-10-4-3-7-17-10)9-11-5-6-12(18-11)13(15)16/h5-6,10H,2-4,7-9H2,1H3,(H,15,16). The molecule has 1 aliphatic heterocycles. The maximum absolute atomic E-state index is 10.7. The normalized spacial score (nSPS) is 19.6. The largest absolute Gasteiger partial charge is 0.475 e. The number of hydrogen-bond donors (Lipinski definition) is 1. The SMILES string of the molecule is CCN(Cc1ccc(C(=O)O)o1)CC1CCCO1. The van der Waals surface area contributed by atoms with Crippen LogP contribution in [-0.4, -0.2) is 41.8 Å². The van der Waals surface area contributed by atoms with E-state index in [0.717, 1.165) is 32.5 Å². The predicted octanol–water partition coefficient (Wildman–Crippen LogP) is 1.98. The van der Waals surface area contributed by atoms with Gasteiger partial charge < -0.3 is 14.3 Å². The number of carboxylic acid groups (broad SMARTS) is 1. The number of aromatic carboxylic acids is 1. The lowest BCUT2D eigenvalue weighted by Gasteiger charge is -2.22. The van der Waals surface area contributed by atoms with Gasteiger partial charge in [0.2, 0.25) is 5.76 Å². The zero-order valence-corrected chi connectivity index (χ0v) is 10.6. The van der Waals surface area contributed by atoms with Crippen molar-refractivity contribution < 1.29 is 19.1 Å². The third kappa shape index (κ3) is 3.34. The second-order valence-electron chi connectivity index (χ2n) is 4.53. The van der Waals surface area contributed by atoms with Gasteiger partial charge in [-0.2, -0.15) is 0 Å². The first-order chi connectivity index (χ1) is 8.69. The predicted molar refractivity (Wildman–Crippen MR) is 65.6 cm³/mol. The van der Waals surface area contributed by atoms with Crippen LogP contribution in [0.15, 0.2) is 16.5 Å². The molecule has 1 aromatic rings. The second-order valence-corrected chi connectivity index (χ2v) is 4.53. The summed E-state index contributed by atoms with van der Waals surface area (Å²) in [5.74, 6) is -0.339. The molecule has 0 spiro atoms. The van der Waals surface area contributed by atoms with Gasteiger partial charge >= 0.3 is 5.97 Å². The van der Waals surface area contributed by atoms with Gasteiger partial charge in [0.15, 0.2) is 0 Å². The fourth-order valence-electron chi connectivity index (χ4n) is 2.18. The molecule has 0 bridgehead atoms. The van der Waals surface area contributed by atoms with E-state index in [0.29, 0.717) is 18.4 Å². The highest BCUT2D eigenvalue weighted by Gasteiger charge is 2.19. The van der Waals surface area contributed by atoms with Crippen molar-refractivity contribution in [2.45, 2.75) is 32.4 Å². The molecule has 1 N–H and O–H groups in total. The second kappa shape index (κ2) is 6.02. The van der Waals surface area contributed by atoms with Gasteiger partial charge in [0.05, 0.1) is 12.6 Å². The summed E-state index contributed by atoms with van der Waals surface area (Å²) in [5.41, 5.74) is 0. The molecular formula is C13H19NO4. The van der Waals surface area contributed by atoms with E-state index >= 15 is 0 Å². The minimum absolute atomic E-state index is 0.00169. The van der Waals surface area contributed by atoms with Crippen LogP contribution in [0.4, 0.5) is 0 Å². The Kier molecular flexibility index (Phi) is 4.38. The van der Waals surface area contributed by atoms with Crippen LogP contribution in [0.25, 0.3) is 0 Å². The van der Waals surface area contributed by atoms with Crippen LogP contribution in [0.3, 0.4) is 0 Å². The molecule has 2 rings (SSSR count). The number of nitrogens with zero attached hydrogens (tertiary/aromatic N) is 1. The number of likely N-dealkylation sites (N-methyl/N-ethyl adjacent to an activating group) is 1. The average Bonchev–Trinajstić information content (AvgIpc) is 2.99. The first-order valence-corrected chi connectivity index (χ1v) is 6.35. The average molecular weight is 253 g/mol. The minimum Gasteiger partial charge on any atom is -0.475 e. The molecule has 1 aromatic heterocycles. The van der Waals surface area contributed by atoms with Gasteiger partial charge in [-0.3, -0.25) is 4.90 Å². The van der Waals surface area contributed by atoms with E-state index in [1.54, 1.807) is 6.07 Å². The maximum atomic E-state index is 10.7. The Balaban J connectivity index is 1.89. The Labute approximate surface area is 106 Å². The van der Waals surface area contributed by atoms with Crippen LogP contribution in [-0.2, 0) is 11.3 Å². The topological polar surface area (TPSA) is 62.9 Å². The number of rotatable bonds is 6. The van der Waals surface area contributed by atoms with Crippen molar-refractivity contribution in [3.8, 4) is 0 Å². The van der Waals surface area contributed by atoms with Crippen molar-refractivity contribution >= 4 is 5.97 Å². The summed E-state index contributed by atoms with van der Waals surface area (Å²) in [6.45, 7) is 5.33. The Bertz CT molecular complexity index is 395. The van der Waals surface area contributed by atoms with Gasteiger partial charge in [-0.1, -0.05) is 6.92 Å². The van der Waals surface area contributed by atoms with Crippen molar-refractivity contribution in [2.75, 3.05) is 19.7 Å². The quantitative estimate of drug-likeness (QED) is 0.839. The maximum Gasteiger partial charge on any atom is 0.371 e. The fourth-order valence-corrected chi connectivity index (χ4v) is 2.18. The van der Waals surface area contributed by atoms with Gasteiger partial charge in [0.25, 0.3) is 0 Å². The molecular weight excluding hydrogens is 234 g/mol. The molecule has 1 unspecified atom stereocenters. The van der Waals surface area contributed by atoms with E-state index in [2.05, 4.69) is 11.8 Å². The highest BCUT2D eigenvalue weighted by atomic mass is 16.5. The number of ether oxygens (including phenoxy) is 1. The first kappa shape index (κ1) is 13.1. The van der Waals surface area contributed by atoms with Crippen LogP contribution in [0, 0.1) is 0 Å². The molecule has 1 saturated heterocycles. The summed E-state index contributed by atoms with van der Waals surface area (Å²) in [5, 5.41) is 8.79. The molecule has 0 aromatic carbocycles. The summed E-state index contributed by atoms with van der Waals surface area (Å²) < 4.78 is 10.9. The monoisotopic (exact) mass is 253 g/mol. The van der Waals surface area contributed by atoms with E-state index in [4.69, 9.17) is 14.3 Å². The first-order valence-electron chi connectivity index (χ1n) is 6.35. The van der Waals surface area contributed by atoms with Crippen molar-refractivity contribution in [3.63, 3.8) is 0 Å². The molecule has 1 aliphatic rings. The zero-order chi connectivity index (χ0) is 13.0. The molecule has 2 heterocycles. The van der Waals surface area contributed by atoms with Gasteiger partial charge in [-0.25, -0.2) is 4.79 Å². The number of carboxylic acids is 1. The van der Waals surface area contributed by atoms with Gasteiger partial charge in [-0.05, 0) is 31.5 Å². The zero-order valence-electron chi connectivity index (χ0n) is 10.6. The van der Waals surface area contributed by atoms with Crippen LogP contribution >= 0.6 is 0 Å². The van der Waals surface area contributed by atoms with E-state index in [1.807, 2.05) is 0 Å². The summed E-state index contributed by atoms with van der Waals surface area (Å²) in [7, 11) is 0. The molecule has 1 atom stereocenters. The lowest BCUT2D eigenvalue weighted by molar-refractivity contribution is 0.0638. The Morgan fingerprint density at radius 1 is 1.56 bits per heavy atom. The highest BCUT2D eigenvalue weighted by molar-refractivity contribution is 5.84. The third-order valence-corrected chi connectivity index (χ3v) is 3.18. The van der Waals surface area contributed by atoms with E-state index < -0.39 is 5.97 Å². The Morgan fingerprint density at radius 2 is 2.39 bits per heavy atom. The summed E-state index contributed by atoms with van der Waals surface area (Å²) in [4.78, 5) is 12.9. The molecule has 100 valence electrons. The van der Waals surface area contributed by atoms with Crippen LogP contribution in [0.2, 0.25) is 0 Å². The lowest BCUT2D eigenvalue weighted by atomic mass is 10.2. The van der Waals surface area contributed by atoms with E-state index in [9.17, 15) is 4.79 Å². The fraction of sp³-hybridized carbons (Fsp3) is 0.615. The number of hydrogen-bond acceptors (Lipinski definition) is 4. The van der Waals surface area contributed by atoms with Crippen molar-refractivity contribution in [1.82, 2.24) is 4.90 Å². The molecule has 0 saturated carbocycles. The summed E-state index contributed by atoms with van der Waals surface area (Å²) in [6, 6.07) is 3.22. The number of furan rings is 1.